The molecule has 0 fully saturated rings. The average molecular weight is 271 g/mol. The number of aromatic nitrogens is 3. The molecule has 0 aliphatic rings. The van der Waals surface area contributed by atoms with Gasteiger partial charge in [0.25, 0.3) is 0 Å². The Morgan fingerprint density at radius 1 is 1.50 bits per heavy atom. The molecule has 2 aromatic heterocycles. The number of sulfone groups is 1. The molecule has 0 amide bonds. The molecule has 0 aliphatic carbocycles. The molecule has 0 unspecified atom stereocenters. The van der Waals surface area contributed by atoms with Gasteiger partial charge in [0.15, 0.2) is 21.5 Å². The van der Waals surface area contributed by atoms with Crippen molar-refractivity contribution in [1.82, 2.24) is 14.8 Å². The van der Waals surface area contributed by atoms with Crippen molar-refractivity contribution >= 4 is 9.84 Å². The summed E-state index contributed by atoms with van der Waals surface area (Å²) < 4.78 is 37.4. The van der Waals surface area contributed by atoms with E-state index in [2.05, 4.69) is 10.1 Å². The van der Waals surface area contributed by atoms with Gasteiger partial charge in [-0.1, -0.05) is 0 Å². The Hall–Kier alpha value is -1.80. The molecule has 2 rings (SSSR count). The Kier molecular flexibility index (Phi) is 3.14. The van der Waals surface area contributed by atoms with Gasteiger partial charge in [0.2, 0.25) is 0 Å². The summed E-state index contributed by atoms with van der Waals surface area (Å²) in [6, 6.07) is 1.33. The van der Waals surface area contributed by atoms with Crippen molar-refractivity contribution in [2.24, 2.45) is 0 Å². The van der Waals surface area contributed by atoms with Crippen LogP contribution in [0.1, 0.15) is 5.56 Å². The van der Waals surface area contributed by atoms with Crippen molar-refractivity contribution in [2.45, 2.75) is 11.5 Å². The fraction of sp³-hybridized carbons (Fsp3) is 0.200. The van der Waals surface area contributed by atoms with Crippen molar-refractivity contribution in [3.63, 3.8) is 0 Å². The highest BCUT2D eigenvalue weighted by Crippen LogP contribution is 2.16. The highest BCUT2D eigenvalue weighted by atomic mass is 32.2. The van der Waals surface area contributed by atoms with E-state index in [1.54, 1.807) is 0 Å². The van der Waals surface area contributed by atoms with Gasteiger partial charge >= 0.3 is 0 Å². The standard InChI is InChI=1S/C10H10FN3O3S/c1-18(16,17)8-4-13-14(5-8)10-9(11)7(6-15)2-3-12-10/h2-5,15H,6H2,1H3. The average Bonchev–Trinajstić information content (AvgIpc) is 2.78. The van der Waals surface area contributed by atoms with E-state index in [1.807, 2.05) is 0 Å². The highest BCUT2D eigenvalue weighted by Gasteiger charge is 2.15. The van der Waals surface area contributed by atoms with Gasteiger partial charge in [-0.25, -0.2) is 22.5 Å². The topological polar surface area (TPSA) is 85.1 Å². The fourth-order valence-corrected chi connectivity index (χ4v) is 1.90. The molecule has 0 bridgehead atoms. The molecular weight excluding hydrogens is 261 g/mol. The summed E-state index contributed by atoms with van der Waals surface area (Å²) in [7, 11) is -3.40. The normalized spacial score (nSPS) is 11.7. The lowest BCUT2D eigenvalue weighted by molar-refractivity contribution is 0.275. The number of aliphatic hydroxyl groups is 1. The van der Waals surface area contributed by atoms with E-state index in [4.69, 9.17) is 5.11 Å². The molecule has 0 aliphatic heterocycles. The molecule has 0 atom stereocenters. The molecule has 0 saturated heterocycles. The van der Waals surface area contributed by atoms with Crippen LogP contribution in [-0.2, 0) is 16.4 Å². The van der Waals surface area contributed by atoms with Gasteiger partial charge in [-0.05, 0) is 6.07 Å². The molecule has 6 nitrogen and oxygen atoms in total. The van der Waals surface area contributed by atoms with Crippen molar-refractivity contribution in [1.29, 1.82) is 0 Å². The van der Waals surface area contributed by atoms with Crippen LogP contribution in [0.4, 0.5) is 4.39 Å². The van der Waals surface area contributed by atoms with E-state index in [0.717, 1.165) is 17.1 Å². The van der Waals surface area contributed by atoms with Crippen LogP contribution in [-0.4, -0.2) is 34.5 Å². The van der Waals surface area contributed by atoms with Crippen LogP contribution in [0, 0.1) is 5.82 Å². The van der Waals surface area contributed by atoms with Gasteiger partial charge in [0, 0.05) is 18.0 Å². The third-order valence-electron chi connectivity index (χ3n) is 2.33. The molecule has 0 saturated carbocycles. The van der Waals surface area contributed by atoms with E-state index >= 15 is 0 Å². The molecule has 1 N–H and O–H groups in total. The molecule has 18 heavy (non-hydrogen) atoms. The third-order valence-corrected chi connectivity index (χ3v) is 3.39. The number of aliphatic hydroxyl groups excluding tert-OH is 1. The second kappa shape index (κ2) is 4.46. The summed E-state index contributed by atoms with van der Waals surface area (Å²) in [6.45, 7) is -0.471. The SMILES string of the molecule is CS(=O)(=O)c1cnn(-c2nccc(CO)c2F)c1. The first-order valence-electron chi connectivity index (χ1n) is 4.93. The predicted octanol–water partition coefficient (Wildman–Crippen LogP) is 0.302. The Labute approximate surface area is 103 Å². The predicted molar refractivity (Wildman–Crippen MR) is 60.3 cm³/mol. The van der Waals surface area contributed by atoms with E-state index in [9.17, 15) is 12.8 Å². The van der Waals surface area contributed by atoms with Crippen molar-refractivity contribution in [3.8, 4) is 5.82 Å². The molecule has 0 radical (unpaired) electrons. The zero-order valence-corrected chi connectivity index (χ0v) is 10.2. The third kappa shape index (κ3) is 2.24. The second-order valence-electron chi connectivity index (χ2n) is 3.66. The number of rotatable bonds is 3. The summed E-state index contributed by atoms with van der Waals surface area (Å²) in [4.78, 5) is 3.74. The summed E-state index contributed by atoms with van der Waals surface area (Å²) in [6.07, 6.45) is 4.62. The Morgan fingerprint density at radius 2 is 2.22 bits per heavy atom. The Bertz CT molecular complexity index is 681. The molecule has 2 heterocycles. The lowest BCUT2D eigenvalue weighted by Gasteiger charge is -2.04. The molecule has 0 aromatic carbocycles. The van der Waals surface area contributed by atoms with Gasteiger partial charge in [-0.3, -0.25) is 0 Å². The van der Waals surface area contributed by atoms with E-state index < -0.39 is 22.3 Å². The van der Waals surface area contributed by atoms with Gasteiger partial charge in [0.1, 0.15) is 4.90 Å². The quantitative estimate of drug-likeness (QED) is 0.868. The number of hydrogen-bond acceptors (Lipinski definition) is 5. The molecule has 96 valence electrons. The lowest BCUT2D eigenvalue weighted by Crippen LogP contribution is -2.04. The van der Waals surface area contributed by atoms with Crippen LogP contribution in [0.3, 0.4) is 0 Å². The van der Waals surface area contributed by atoms with Gasteiger partial charge in [-0.15, -0.1) is 0 Å². The monoisotopic (exact) mass is 271 g/mol. The van der Waals surface area contributed by atoms with Crippen LogP contribution in [0.25, 0.3) is 5.82 Å². The maximum absolute atomic E-state index is 13.8. The second-order valence-corrected chi connectivity index (χ2v) is 5.67. The maximum atomic E-state index is 13.8. The number of hydrogen-bond donors (Lipinski definition) is 1. The van der Waals surface area contributed by atoms with Gasteiger partial charge < -0.3 is 5.11 Å². The molecule has 2 aromatic rings. The first-order valence-corrected chi connectivity index (χ1v) is 6.82. The van der Waals surface area contributed by atoms with Crippen LogP contribution in [0.15, 0.2) is 29.6 Å². The minimum absolute atomic E-state index is 0.0295. The highest BCUT2D eigenvalue weighted by molar-refractivity contribution is 7.90. The van der Waals surface area contributed by atoms with Gasteiger partial charge in [0.05, 0.1) is 19.0 Å². The van der Waals surface area contributed by atoms with Crippen molar-refractivity contribution in [3.05, 3.63) is 36.0 Å². The van der Waals surface area contributed by atoms with Crippen LogP contribution < -0.4 is 0 Å². The zero-order valence-electron chi connectivity index (χ0n) is 9.41. The van der Waals surface area contributed by atoms with Crippen molar-refractivity contribution in [2.75, 3.05) is 6.26 Å². The summed E-state index contributed by atoms with van der Waals surface area (Å²) in [5.41, 5.74) is 0.0661. The summed E-state index contributed by atoms with van der Waals surface area (Å²) in [5.74, 6) is -0.889. The maximum Gasteiger partial charge on any atom is 0.190 e. The first kappa shape index (κ1) is 12.7. The smallest absolute Gasteiger partial charge is 0.190 e. The number of nitrogens with zero attached hydrogens (tertiary/aromatic N) is 3. The van der Waals surface area contributed by atoms with Crippen molar-refractivity contribution < 1.29 is 17.9 Å². The van der Waals surface area contributed by atoms with Crippen LogP contribution >= 0.6 is 0 Å². The molecule has 8 heteroatoms. The first-order chi connectivity index (χ1) is 8.43. The lowest BCUT2D eigenvalue weighted by atomic mass is 10.2. The van der Waals surface area contributed by atoms with E-state index in [-0.39, 0.29) is 16.3 Å². The van der Waals surface area contributed by atoms with Gasteiger partial charge in [-0.2, -0.15) is 5.10 Å². The van der Waals surface area contributed by atoms with Crippen LogP contribution in [0.2, 0.25) is 0 Å². The minimum atomic E-state index is -3.40. The van der Waals surface area contributed by atoms with E-state index in [1.165, 1.54) is 18.5 Å². The Morgan fingerprint density at radius 3 is 2.78 bits per heavy atom. The molecular formula is C10H10FN3O3S. The minimum Gasteiger partial charge on any atom is -0.392 e. The number of halogens is 1. The summed E-state index contributed by atoms with van der Waals surface area (Å²) >= 11 is 0. The largest absolute Gasteiger partial charge is 0.392 e. The van der Waals surface area contributed by atoms with Crippen LogP contribution in [0.5, 0.6) is 0 Å². The van der Waals surface area contributed by atoms with E-state index in [0.29, 0.717) is 0 Å². The molecule has 0 spiro atoms. The Balaban J connectivity index is 2.53. The zero-order chi connectivity index (χ0) is 13.3. The number of pyridine rings is 1. The summed E-state index contributed by atoms with van der Waals surface area (Å²) in [5, 5.41) is 12.7. The fourth-order valence-electron chi connectivity index (χ4n) is 1.37.